The van der Waals surface area contributed by atoms with Gasteiger partial charge >= 0.3 is 0 Å². The first kappa shape index (κ1) is 18.3. The van der Waals surface area contributed by atoms with Crippen LogP contribution >= 0.6 is 79.6 Å². The van der Waals surface area contributed by atoms with Gasteiger partial charge in [-0.3, -0.25) is 10.1 Å². The average molecular weight is 412 g/mol. The number of nitrogens with zero attached hydrogens (tertiary/aromatic N) is 1. The van der Waals surface area contributed by atoms with Crippen molar-refractivity contribution in [1.82, 2.24) is 0 Å². The smallest absolute Gasteiger partial charge is 0.258 e. The Balaban J connectivity index is 2.91. The number of rotatable bonds is 5. The quantitative estimate of drug-likeness (QED) is 0.230. The van der Waals surface area contributed by atoms with Crippen molar-refractivity contribution >= 4 is 85.3 Å². The van der Waals surface area contributed by atoms with Crippen molar-refractivity contribution in [3.05, 3.63) is 53.3 Å². The summed E-state index contributed by atoms with van der Waals surface area (Å²) in [5.74, 6) is 0. The highest BCUT2D eigenvalue weighted by Gasteiger charge is 2.16. The molecule has 0 saturated heterocycles. The highest BCUT2D eigenvalue weighted by Crippen LogP contribution is 2.46. The number of hydrogen-bond donors (Lipinski definition) is 0. The molecule has 0 fully saturated rings. The summed E-state index contributed by atoms with van der Waals surface area (Å²) in [6.07, 6.45) is 0. The first-order valence-electron chi connectivity index (χ1n) is 4.69. The standard InChI is InChI=1S/C10H4Cl5NO2S2/c11-7(9(13)14)8(12)10(15)20-19-6-4-2-1-3-5(6)16(17)18/h1-4H/b10-8-. The second-order valence-electron chi connectivity index (χ2n) is 3.05. The van der Waals surface area contributed by atoms with E-state index in [-0.39, 0.29) is 24.6 Å². The van der Waals surface area contributed by atoms with Gasteiger partial charge in [0, 0.05) is 6.07 Å². The molecule has 20 heavy (non-hydrogen) atoms. The van der Waals surface area contributed by atoms with Crippen molar-refractivity contribution in [2.24, 2.45) is 0 Å². The third-order valence-corrected chi connectivity index (χ3v) is 6.37. The zero-order chi connectivity index (χ0) is 15.3. The van der Waals surface area contributed by atoms with Gasteiger partial charge in [-0.15, -0.1) is 0 Å². The fraction of sp³-hybridized carbons (Fsp3) is 0. The Morgan fingerprint density at radius 2 is 1.65 bits per heavy atom. The zero-order valence-corrected chi connectivity index (χ0v) is 14.7. The molecule has 0 unspecified atom stereocenters. The summed E-state index contributed by atoms with van der Waals surface area (Å²) >= 11 is 28.5. The summed E-state index contributed by atoms with van der Waals surface area (Å²) in [7, 11) is 2.08. The van der Waals surface area contributed by atoms with E-state index in [1.54, 1.807) is 18.2 Å². The van der Waals surface area contributed by atoms with Gasteiger partial charge in [-0.25, -0.2) is 0 Å². The summed E-state index contributed by atoms with van der Waals surface area (Å²) in [4.78, 5) is 10.8. The maximum atomic E-state index is 10.8. The van der Waals surface area contributed by atoms with Crippen LogP contribution in [0.3, 0.4) is 0 Å². The SMILES string of the molecule is O=[N+]([O-])c1ccccc1SS/C(Cl)=C(\Cl)C(Cl)=C(Cl)Cl. The maximum Gasteiger partial charge on any atom is 0.283 e. The monoisotopic (exact) mass is 409 g/mol. The van der Waals surface area contributed by atoms with E-state index in [9.17, 15) is 10.1 Å². The van der Waals surface area contributed by atoms with E-state index in [1.165, 1.54) is 6.07 Å². The van der Waals surface area contributed by atoms with Crippen LogP contribution in [0.4, 0.5) is 5.69 Å². The minimum Gasteiger partial charge on any atom is -0.258 e. The largest absolute Gasteiger partial charge is 0.283 e. The van der Waals surface area contributed by atoms with Crippen LogP contribution in [0, 0.1) is 10.1 Å². The number of nitro benzene ring substituents is 1. The molecule has 0 amide bonds. The number of nitro groups is 1. The summed E-state index contributed by atoms with van der Waals surface area (Å²) in [6.45, 7) is 0. The third-order valence-electron chi connectivity index (χ3n) is 1.80. The van der Waals surface area contributed by atoms with Gasteiger partial charge in [-0.1, -0.05) is 70.1 Å². The Hall–Kier alpha value is 0.250. The predicted molar refractivity (Wildman–Crippen MR) is 89.9 cm³/mol. The molecule has 1 aromatic carbocycles. The van der Waals surface area contributed by atoms with Gasteiger partial charge in [0.15, 0.2) is 0 Å². The number of benzene rings is 1. The van der Waals surface area contributed by atoms with E-state index < -0.39 is 4.92 Å². The van der Waals surface area contributed by atoms with Gasteiger partial charge in [0.05, 0.1) is 19.9 Å². The van der Waals surface area contributed by atoms with Gasteiger partial charge in [-0.05, 0) is 27.7 Å². The van der Waals surface area contributed by atoms with E-state index in [0.29, 0.717) is 4.90 Å². The van der Waals surface area contributed by atoms with Crippen LogP contribution in [0.5, 0.6) is 0 Å². The topological polar surface area (TPSA) is 43.1 Å². The molecule has 0 radical (unpaired) electrons. The summed E-state index contributed by atoms with van der Waals surface area (Å²) in [6, 6.07) is 6.24. The van der Waals surface area contributed by atoms with E-state index >= 15 is 0 Å². The molecule has 0 aromatic heterocycles. The summed E-state index contributed by atoms with van der Waals surface area (Å²) in [5.41, 5.74) is -0.0254. The van der Waals surface area contributed by atoms with Gasteiger partial charge in [0.1, 0.15) is 8.86 Å². The van der Waals surface area contributed by atoms with E-state index in [4.69, 9.17) is 58.0 Å². The molecular formula is C10H4Cl5NO2S2. The van der Waals surface area contributed by atoms with Crippen LogP contribution in [0.2, 0.25) is 0 Å². The van der Waals surface area contributed by atoms with Crippen LogP contribution in [0.15, 0.2) is 48.1 Å². The Bertz CT molecular complexity index is 587. The molecule has 0 aliphatic heterocycles. The van der Waals surface area contributed by atoms with Crippen molar-refractivity contribution < 1.29 is 4.92 Å². The lowest BCUT2D eigenvalue weighted by molar-refractivity contribution is -0.387. The van der Waals surface area contributed by atoms with E-state index in [2.05, 4.69) is 0 Å². The van der Waals surface area contributed by atoms with Crippen molar-refractivity contribution in [1.29, 1.82) is 0 Å². The van der Waals surface area contributed by atoms with Gasteiger partial charge in [0.25, 0.3) is 5.69 Å². The Morgan fingerprint density at radius 3 is 2.20 bits per heavy atom. The molecule has 0 saturated carbocycles. The van der Waals surface area contributed by atoms with Gasteiger partial charge in [0.2, 0.25) is 0 Å². The van der Waals surface area contributed by atoms with Crippen molar-refractivity contribution in [3.8, 4) is 0 Å². The molecule has 0 aliphatic rings. The van der Waals surface area contributed by atoms with Crippen molar-refractivity contribution in [2.75, 3.05) is 0 Å². The van der Waals surface area contributed by atoms with Crippen LogP contribution in [-0.4, -0.2) is 4.92 Å². The minimum absolute atomic E-state index is 0.0237. The predicted octanol–water partition coefficient (Wildman–Crippen LogP) is 6.87. The lowest BCUT2D eigenvalue weighted by atomic mass is 10.3. The molecule has 10 heteroatoms. The first-order valence-corrected chi connectivity index (χ1v) is 8.73. The number of para-hydroxylation sites is 1. The van der Waals surface area contributed by atoms with Crippen molar-refractivity contribution in [3.63, 3.8) is 0 Å². The lowest BCUT2D eigenvalue weighted by Crippen LogP contribution is -1.89. The van der Waals surface area contributed by atoms with Gasteiger partial charge in [-0.2, -0.15) is 0 Å². The first-order chi connectivity index (χ1) is 9.34. The number of allylic oxidation sites excluding steroid dienone is 2. The Labute approximate surface area is 147 Å². The highest BCUT2D eigenvalue weighted by atomic mass is 35.5. The van der Waals surface area contributed by atoms with E-state index in [0.717, 1.165) is 21.6 Å². The van der Waals surface area contributed by atoms with Gasteiger partial charge < -0.3 is 0 Å². The van der Waals surface area contributed by atoms with Crippen LogP contribution in [0.25, 0.3) is 0 Å². The molecule has 0 aliphatic carbocycles. The average Bonchev–Trinajstić information content (AvgIpc) is 2.43. The minimum atomic E-state index is -0.482. The zero-order valence-electron chi connectivity index (χ0n) is 9.28. The summed E-state index contributed by atoms with van der Waals surface area (Å²) in [5, 5.41) is 10.7. The molecule has 1 aromatic rings. The highest BCUT2D eigenvalue weighted by molar-refractivity contribution is 8.78. The van der Waals surface area contributed by atoms with Crippen molar-refractivity contribution in [2.45, 2.75) is 4.90 Å². The maximum absolute atomic E-state index is 10.8. The van der Waals surface area contributed by atoms with E-state index in [1.807, 2.05) is 0 Å². The molecule has 108 valence electrons. The Morgan fingerprint density at radius 1 is 1.05 bits per heavy atom. The normalized spacial score (nSPS) is 11.8. The Kier molecular flexibility index (Phi) is 7.90. The third kappa shape index (κ3) is 5.22. The fourth-order valence-electron chi connectivity index (χ4n) is 0.966. The second kappa shape index (κ2) is 8.63. The molecular weight excluding hydrogens is 408 g/mol. The molecule has 0 heterocycles. The van der Waals surface area contributed by atoms with Crippen LogP contribution in [-0.2, 0) is 0 Å². The summed E-state index contributed by atoms with van der Waals surface area (Å²) < 4.78 is -0.107. The molecule has 0 atom stereocenters. The van der Waals surface area contributed by atoms with Crippen LogP contribution < -0.4 is 0 Å². The fourth-order valence-corrected chi connectivity index (χ4v) is 4.04. The molecule has 3 nitrogen and oxygen atoms in total. The number of hydrogen-bond acceptors (Lipinski definition) is 4. The number of halogens is 5. The molecule has 1 rings (SSSR count). The lowest BCUT2D eigenvalue weighted by Gasteiger charge is -2.03. The molecule has 0 spiro atoms. The molecule has 0 bridgehead atoms. The second-order valence-corrected chi connectivity index (χ2v) is 7.54. The molecule has 0 N–H and O–H groups in total. The van der Waals surface area contributed by atoms with Crippen LogP contribution in [0.1, 0.15) is 0 Å².